The van der Waals surface area contributed by atoms with Crippen LogP contribution in [0.1, 0.15) is 37.8 Å². The van der Waals surface area contributed by atoms with Crippen molar-refractivity contribution < 1.29 is 28.6 Å². The smallest absolute Gasteiger partial charge is 0.339 e. The molecule has 2 aromatic rings. The number of carboxylic acids is 1. The minimum atomic E-state index is -1.06. The second-order valence-electron chi connectivity index (χ2n) is 5.67. The molecule has 0 aliphatic rings. The van der Waals surface area contributed by atoms with Gasteiger partial charge < -0.3 is 23.9 Å². The number of aryl methyl sites for hydroxylation is 2. The molecule has 1 aromatic carbocycles. The van der Waals surface area contributed by atoms with Crippen molar-refractivity contribution in [3.05, 3.63) is 46.4 Å². The highest BCUT2D eigenvalue weighted by molar-refractivity contribution is 5.96. The number of aromatic carboxylic acids is 1. The summed E-state index contributed by atoms with van der Waals surface area (Å²) in [4.78, 5) is 25.3. The number of furan rings is 1. The zero-order chi connectivity index (χ0) is 18.7. The number of rotatable bonds is 6. The average Bonchev–Trinajstić information content (AvgIpc) is 2.94. The largest absolute Gasteiger partial charge is 0.493 e. The number of hydrogen-bond donors (Lipinski definition) is 1. The van der Waals surface area contributed by atoms with Crippen LogP contribution in [0.5, 0.6) is 11.5 Å². The summed E-state index contributed by atoms with van der Waals surface area (Å²) in [6, 6.07) is 4.80. The summed E-state index contributed by atoms with van der Waals surface area (Å²) in [5, 5.41) is 9.08. The minimum absolute atomic E-state index is 0.0955. The first kappa shape index (κ1) is 18.4. The SMILES string of the molecule is COc1cc(C)c(C(=O)N(C)Cc2cc(C(=O)O)c(C)o2)cc1OC. The van der Waals surface area contributed by atoms with E-state index in [1.54, 1.807) is 26.1 Å². The van der Waals surface area contributed by atoms with Crippen molar-refractivity contribution in [1.82, 2.24) is 4.90 Å². The molecule has 2 rings (SSSR count). The molecular weight excluding hydrogens is 326 g/mol. The van der Waals surface area contributed by atoms with Gasteiger partial charge in [0.25, 0.3) is 5.91 Å². The van der Waals surface area contributed by atoms with Crippen LogP contribution in [0.2, 0.25) is 0 Å². The monoisotopic (exact) mass is 347 g/mol. The lowest BCUT2D eigenvalue weighted by Gasteiger charge is -2.18. The lowest BCUT2D eigenvalue weighted by Crippen LogP contribution is -2.26. The Bertz CT molecular complexity index is 808. The predicted molar refractivity (Wildman–Crippen MR) is 90.5 cm³/mol. The van der Waals surface area contributed by atoms with E-state index in [-0.39, 0.29) is 18.0 Å². The molecule has 0 aliphatic carbocycles. The van der Waals surface area contributed by atoms with Gasteiger partial charge in [0.15, 0.2) is 11.5 Å². The molecule has 0 unspecified atom stereocenters. The molecule has 7 heteroatoms. The number of carboxylic acid groups (broad SMARTS) is 1. The molecule has 1 aromatic heterocycles. The Morgan fingerprint density at radius 3 is 2.20 bits per heavy atom. The summed E-state index contributed by atoms with van der Waals surface area (Å²) in [5.74, 6) is 0.440. The Morgan fingerprint density at radius 2 is 1.68 bits per heavy atom. The maximum absolute atomic E-state index is 12.7. The maximum Gasteiger partial charge on any atom is 0.339 e. The lowest BCUT2D eigenvalue weighted by molar-refractivity contribution is 0.0694. The van der Waals surface area contributed by atoms with Gasteiger partial charge in [0, 0.05) is 12.6 Å². The molecule has 0 fully saturated rings. The summed E-state index contributed by atoms with van der Waals surface area (Å²) in [6.45, 7) is 3.54. The van der Waals surface area contributed by atoms with Gasteiger partial charge in [-0.05, 0) is 37.6 Å². The fourth-order valence-electron chi connectivity index (χ4n) is 2.56. The van der Waals surface area contributed by atoms with E-state index < -0.39 is 5.97 Å². The van der Waals surface area contributed by atoms with Crippen LogP contribution >= 0.6 is 0 Å². The third-order valence-corrected chi connectivity index (χ3v) is 3.90. The van der Waals surface area contributed by atoms with E-state index in [9.17, 15) is 9.59 Å². The Kier molecular flexibility index (Phi) is 5.36. The first-order chi connectivity index (χ1) is 11.8. The van der Waals surface area contributed by atoms with Gasteiger partial charge in [0.1, 0.15) is 17.1 Å². The van der Waals surface area contributed by atoms with Crippen LogP contribution in [-0.4, -0.2) is 43.2 Å². The highest BCUT2D eigenvalue weighted by Gasteiger charge is 2.20. The Hall–Kier alpha value is -2.96. The number of amides is 1. The molecule has 25 heavy (non-hydrogen) atoms. The lowest BCUT2D eigenvalue weighted by atomic mass is 10.1. The van der Waals surface area contributed by atoms with Gasteiger partial charge in [-0.3, -0.25) is 4.79 Å². The van der Waals surface area contributed by atoms with E-state index in [1.165, 1.54) is 25.2 Å². The topological polar surface area (TPSA) is 89.2 Å². The fraction of sp³-hybridized carbons (Fsp3) is 0.333. The number of carbonyl (C=O) groups is 2. The van der Waals surface area contributed by atoms with Crippen LogP contribution in [0.3, 0.4) is 0 Å². The second kappa shape index (κ2) is 7.29. The summed E-state index contributed by atoms with van der Waals surface area (Å²) in [6.07, 6.45) is 0. The zero-order valence-electron chi connectivity index (χ0n) is 14.9. The van der Waals surface area contributed by atoms with Crippen LogP contribution in [0.25, 0.3) is 0 Å². The number of carbonyl (C=O) groups excluding carboxylic acids is 1. The number of nitrogens with zero attached hydrogens (tertiary/aromatic N) is 1. The molecule has 7 nitrogen and oxygen atoms in total. The zero-order valence-corrected chi connectivity index (χ0v) is 14.9. The Morgan fingerprint density at radius 1 is 1.08 bits per heavy atom. The van der Waals surface area contributed by atoms with Crippen LogP contribution < -0.4 is 9.47 Å². The molecule has 134 valence electrons. The van der Waals surface area contributed by atoms with Crippen molar-refractivity contribution in [2.45, 2.75) is 20.4 Å². The first-order valence-corrected chi connectivity index (χ1v) is 7.59. The van der Waals surface area contributed by atoms with Gasteiger partial charge in [-0.2, -0.15) is 0 Å². The van der Waals surface area contributed by atoms with Crippen molar-refractivity contribution in [3.63, 3.8) is 0 Å². The highest BCUT2D eigenvalue weighted by atomic mass is 16.5. The van der Waals surface area contributed by atoms with Crippen molar-refractivity contribution >= 4 is 11.9 Å². The maximum atomic E-state index is 12.7. The Labute approximate surface area is 145 Å². The van der Waals surface area contributed by atoms with Gasteiger partial charge >= 0.3 is 5.97 Å². The van der Waals surface area contributed by atoms with Crippen LogP contribution in [0.15, 0.2) is 22.6 Å². The van der Waals surface area contributed by atoms with Crippen molar-refractivity contribution in [3.8, 4) is 11.5 Å². The van der Waals surface area contributed by atoms with Gasteiger partial charge in [-0.25, -0.2) is 4.79 Å². The first-order valence-electron chi connectivity index (χ1n) is 7.59. The molecule has 1 N–H and O–H groups in total. The van der Waals surface area contributed by atoms with Gasteiger partial charge in [0.2, 0.25) is 0 Å². The molecule has 0 radical (unpaired) electrons. The van der Waals surface area contributed by atoms with Gasteiger partial charge in [-0.1, -0.05) is 0 Å². The molecular formula is C18H21NO6. The predicted octanol–water partition coefficient (Wildman–Crippen LogP) is 2.88. The third kappa shape index (κ3) is 3.76. The van der Waals surface area contributed by atoms with Crippen LogP contribution in [0, 0.1) is 13.8 Å². The number of methoxy groups -OCH3 is 2. The molecule has 0 saturated carbocycles. The number of ether oxygens (including phenoxy) is 2. The van der Waals surface area contributed by atoms with E-state index in [2.05, 4.69) is 0 Å². The van der Waals surface area contributed by atoms with Crippen molar-refractivity contribution in [2.75, 3.05) is 21.3 Å². The normalized spacial score (nSPS) is 10.4. The Balaban J connectivity index is 2.25. The summed E-state index contributed by atoms with van der Waals surface area (Å²) in [7, 11) is 4.66. The minimum Gasteiger partial charge on any atom is -0.493 e. The van der Waals surface area contributed by atoms with E-state index in [1.807, 2.05) is 6.92 Å². The van der Waals surface area contributed by atoms with E-state index in [4.69, 9.17) is 19.0 Å². The molecule has 0 saturated heterocycles. The van der Waals surface area contributed by atoms with Crippen LogP contribution in [0.4, 0.5) is 0 Å². The third-order valence-electron chi connectivity index (χ3n) is 3.90. The molecule has 0 spiro atoms. The summed E-state index contributed by atoms with van der Waals surface area (Å²) < 4.78 is 15.9. The van der Waals surface area contributed by atoms with Gasteiger partial charge in [-0.15, -0.1) is 0 Å². The summed E-state index contributed by atoms with van der Waals surface area (Å²) >= 11 is 0. The van der Waals surface area contributed by atoms with Crippen molar-refractivity contribution in [1.29, 1.82) is 0 Å². The van der Waals surface area contributed by atoms with Crippen LogP contribution in [-0.2, 0) is 6.54 Å². The molecule has 0 atom stereocenters. The second-order valence-corrected chi connectivity index (χ2v) is 5.67. The van der Waals surface area contributed by atoms with E-state index in [0.717, 1.165) is 5.56 Å². The standard InChI is InChI=1S/C18H21NO6/c1-10-6-15(23-4)16(24-5)8-13(10)17(20)19(3)9-12-7-14(18(21)22)11(2)25-12/h6-8H,9H2,1-5H3,(H,21,22). The van der Waals surface area contributed by atoms with E-state index in [0.29, 0.717) is 28.6 Å². The van der Waals surface area contributed by atoms with Gasteiger partial charge in [0.05, 0.1) is 20.8 Å². The molecule has 0 aliphatic heterocycles. The molecule has 1 heterocycles. The summed E-state index contributed by atoms with van der Waals surface area (Å²) in [5.41, 5.74) is 1.32. The average molecular weight is 347 g/mol. The number of hydrogen-bond acceptors (Lipinski definition) is 5. The quantitative estimate of drug-likeness (QED) is 0.864. The molecule has 1 amide bonds. The number of benzene rings is 1. The molecule has 0 bridgehead atoms. The fourth-order valence-corrected chi connectivity index (χ4v) is 2.56. The van der Waals surface area contributed by atoms with Crippen molar-refractivity contribution in [2.24, 2.45) is 0 Å². The highest BCUT2D eigenvalue weighted by Crippen LogP contribution is 2.31. The van der Waals surface area contributed by atoms with E-state index >= 15 is 0 Å².